The fourth-order valence-corrected chi connectivity index (χ4v) is 9.17. The number of allylic oxidation sites excluding steroid dienone is 3. The molecule has 0 radical (unpaired) electrons. The van der Waals surface area contributed by atoms with Crippen LogP contribution in [0.1, 0.15) is 31.8 Å². The maximum atomic E-state index is 13.1. The van der Waals surface area contributed by atoms with Gasteiger partial charge in [-0.25, -0.2) is 13.6 Å². The summed E-state index contributed by atoms with van der Waals surface area (Å²) < 4.78 is 41.7. The standard InChI is InChI=1S/C51H54N8O6S/c1-35(46-13-15-48(64-46)41-7-5-39-31-43(11-9-37(39)29-41)58-22-18-56(3)19-23-58)45(33-52)51(60)55-17-4-27-63-28-26-57-20-24-59(25-21-57)44-12-10-38-30-42(8-6-40(38)32-44)49-16-14-47(65-49)36(2)50(34-53)66(54,61)62/h5-16,29-32H,4,17-28H2,1-3H3,(H,55,60)(H2,54,61,62)/b45-35+,50-36+. The number of rotatable bonds is 15. The second-order valence-electron chi connectivity index (χ2n) is 16.9. The minimum absolute atomic E-state index is 0.0242. The zero-order chi connectivity index (χ0) is 46.4. The summed E-state index contributed by atoms with van der Waals surface area (Å²) in [6.45, 7) is 13.2. The van der Waals surface area contributed by atoms with Crippen molar-refractivity contribution < 1.29 is 26.8 Å². The Bertz CT molecular complexity index is 3010. The maximum absolute atomic E-state index is 13.1. The van der Waals surface area contributed by atoms with Gasteiger partial charge in [0.1, 0.15) is 40.8 Å². The van der Waals surface area contributed by atoms with Crippen molar-refractivity contribution in [3.05, 3.63) is 119 Å². The number of fused-ring (bicyclic) bond motifs is 2. The molecule has 66 heavy (non-hydrogen) atoms. The summed E-state index contributed by atoms with van der Waals surface area (Å²) in [5.74, 6) is 1.54. The second-order valence-corrected chi connectivity index (χ2v) is 18.4. The largest absolute Gasteiger partial charge is 0.456 e. The quantitative estimate of drug-likeness (QED) is 0.0590. The van der Waals surface area contributed by atoms with Crippen LogP contribution < -0.4 is 20.3 Å². The molecule has 2 aliphatic heterocycles. The van der Waals surface area contributed by atoms with Crippen LogP contribution in [0.4, 0.5) is 11.4 Å². The molecule has 2 fully saturated rings. The van der Waals surface area contributed by atoms with E-state index in [0.29, 0.717) is 49.0 Å². The van der Waals surface area contributed by atoms with Gasteiger partial charge in [0.2, 0.25) is 10.0 Å². The first-order valence-corrected chi connectivity index (χ1v) is 23.7. The maximum Gasteiger partial charge on any atom is 0.262 e. The van der Waals surface area contributed by atoms with Crippen LogP contribution in [0.3, 0.4) is 0 Å². The minimum atomic E-state index is -4.17. The molecule has 2 aromatic heterocycles. The second kappa shape index (κ2) is 20.2. The third-order valence-corrected chi connectivity index (χ3v) is 13.5. The summed E-state index contributed by atoms with van der Waals surface area (Å²) in [6.07, 6.45) is 0.619. The zero-order valence-electron chi connectivity index (χ0n) is 37.5. The van der Waals surface area contributed by atoms with Crippen LogP contribution in [0.15, 0.2) is 116 Å². The smallest absolute Gasteiger partial charge is 0.262 e. The van der Waals surface area contributed by atoms with E-state index in [1.165, 1.54) is 18.0 Å². The molecule has 0 bridgehead atoms. The molecule has 0 saturated carbocycles. The van der Waals surface area contributed by atoms with Gasteiger partial charge in [-0.2, -0.15) is 10.5 Å². The predicted molar refractivity (Wildman–Crippen MR) is 260 cm³/mol. The molecule has 6 aromatic rings. The van der Waals surface area contributed by atoms with Crippen molar-refractivity contribution in [2.24, 2.45) is 5.14 Å². The Labute approximate surface area is 385 Å². The van der Waals surface area contributed by atoms with Gasteiger partial charge < -0.3 is 33.6 Å². The number of sulfonamides is 1. The zero-order valence-corrected chi connectivity index (χ0v) is 38.4. The van der Waals surface area contributed by atoms with Gasteiger partial charge >= 0.3 is 0 Å². The number of nitriles is 2. The van der Waals surface area contributed by atoms with Gasteiger partial charge in [-0.3, -0.25) is 9.69 Å². The molecule has 3 N–H and O–H groups in total. The number of nitrogens with two attached hydrogens (primary N) is 1. The van der Waals surface area contributed by atoms with Gasteiger partial charge in [-0.05, 0) is 110 Å². The highest BCUT2D eigenvalue weighted by Gasteiger charge is 2.21. The summed E-state index contributed by atoms with van der Waals surface area (Å²) >= 11 is 0. The summed E-state index contributed by atoms with van der Waals surface area (Å²) in [5, 5.41) is 31.7. The van der Waals surface area contributed by atoms with Gasteiger partial charge in [0, 0.05) is 106 Å². The highest BCUT2D eigenvalue weighted by Crippen LogP contribution is 2.33. The van der Waals surface area contributed by atoms with Crippen LogP contribution >= 0.6 is 0 Å². The van der Waals surface area contributed by atoms with Gasteiger partial charge in [0.25, 0.3) is 5.91 Å². The number of piperazine rings is 2. The Hall–Kier alpha value is -6.72. The number of primary sulfonamides is 1. The number of nitrogens with zero attached hydrogens (tertiary/aromatic N) is 6. The lowest BCUT2D eigenvalue weighted by atomic mass is 10.0. The van der Waals surface area contributed by atoms with E-state index in [-0.39, 0.29) is 16.9 Å². The fourth-order valence-electron chi connectivity index (χ4n) is 8.51. The van der Waals surface area contributed by atoms with Crippen LogP contribution in [0, 0.1) is 22.7 Å². The van der Waals surface area contributed by atoms with Gasteiger partial charge in [0.05, 0.1) is 6.61 Å². The van der Waals surface area contributed by atoms with Crippen molar-refractivity contribution >= 4 is 60.0 Å². The molecule has 4 heterocycles. The molecule has 2 saturated heterocycles. The molecule has 0 spiro atoms. The SMILES string of the molecule is C/C(=C(/C#N)C(=O)NCCCOCCN1CCN(c2ccc3cc(-c4ccc(/C(C)=C(\C#N)S(N)(=O)=O)o4)ccc3c2)CC1)c1ccc(-c2ccc3cc(N4CCN(C)CC4)ccc3c2)o1. The van der Waals surface area contributed by atoms with Crippen LogP contribution in [0.5, 0.6) is 0 Å². The van der Waals surface area contributed by atoms with E-state index in [0.717, 1.165) is 91.9 Å². The predicted octanol–water partition coefficient (Wildman–Crippen LogP) is 7.45. The molecule has 2 aliphatic rings. The number of ether oxygens (including phenoxy) is 1. The van der Waals surface area contributed by atoms with Crippen molar-refractivity contribution in [2.45, 2.75) is 20.3 Å². The number of carbonyl (C=O) groups is 1. The number of amides is 1. The molecule has 4 aromatic carbocycles. The molecule has 0 aliphatic carbocycles. The van der Waals surface area contributed by atoms with E-state index < -0.39 is 20.8 Å². The number of nitrogens with one attached hydrogen (secondary N) is 1. The first-order chi connectivity index (χ1) is 31.9. The topological polar surface area (TPSA) is 185 Å². The molecule has 1 amide bonds. The third kappa shape index (κ3) is 10.5. The monoisotopic (exact) mass is 906 g/mol. The molecule has 8 rings (SSSR count). The Balaban J connectivity index is 0.753. The molecule has 15 heteroatoms. The van der Waals surface area contributed by atoms with Crippen molar-refractivity contribution in [1.29, 1.82) is 10.5 Å². The van der Waals surface area contributed by atoms with Crippen LogP contribution in [-0.4, -0.2) is 110 Å². The first kappa shape index (κ1) is 45.8. The molecule has 340 valence electrons. The number of likely N-dealkylation sites (N-methyl/N-ethyl adjacent to an activating group) is 1. The lowest BCUT2D eigenvalue weighted by Gasteiger charge is -2.36. The number of hydrogen-bond acceptors (Lipinski definition) is 12. The van der Waals surface area contributed by atoms with Crippen LogP contribution in [0.2, 0.25) is 0 Å². The van der Waals surface area contributed by atoms with E-state index in [1.54, 1.807) is 25.1 Å². The minimum Gasteiger partial charge on any atom is -0.456 e. The number of benzene rings is 4. The van der Waals surface area contributed by atoms with Gasteiger partial charge in [-0.15, -0.1) is 0 Å². The average Bonchev–Trinajstić information content (AvgIpc) is 4.03. The Morgan fingerprint density at radius 3 is 1.73 bits per heavy atom. The normalized spacial score (nSPS) is 15.9. The number of furan rings is 2. The summed E-state index contributed by atoms with van der Waals surface area (Å²) in [4.78, 5) is 22.1. The Kier molecular flexibility index (Phi) is 14.0. The van der Waals surface area contributed by atoms with Crippen molar-refractivity contribution in [3.8, 4) is 34.8 Å². The van der Waals surface area contributed by atoms with Crippen LogP contribution in [0.25, 0.3) is 55.3 Å². The summed E-state index contributed by atoms with van der Waals surface area (Å²) in [5.41, 5.74) is 4.81. The van der Waals surface area contributed by atoms with Crippen molar-refractivity contribution in [3.63, 3.8) is 0 Å². The van der Waals surface area contributed by atoms with Gasteiger partial charge in [0.15, 0.2) is 4.91 Å². The molecular weight excluding hydrogens is 853 g/mol. The highest BCUT2D eigenvalue weighted by molar-refractivity contribution is 7.93. The summed E-state index contributed by atoms with van der Waals surface area (Å²) in [7, 11) is -2.01. The first-order valence-electron chi connectivity index (χ1n) is 22.2. The number of hydrogen-bond donors (Lipinski definition) is 2. The van der Waals surface area contributed by atoms with E-state index >= 15 is 0 Å². The molecular formula is C51H54N8O6S. The number of carbonyl (C=O) groups excluding carboxylic acids is 1. The average molecular weight is 907 g/mol. The molecule has 0 atom stereocenters. The third-order valence-electron chi connectivity index (χ3n) is 12.5. The van der Waals surface area contributed by atoms with E-state index in [2.05, 4.69) is 86.6 Å². The van der Waals surface area contributed by atoms with E-state index in [4.69, 9.17) is 18.7 Å². The van der Waals surface area contributed by atoms with Gasteiger partial charge in [-0.1, -0.05) is 36.4 Å². The van der Waals surface area contributed by atoms with Crippen LogP contribution in [-0.2, 0) is 19.6 Å². The Morgan fingerprint density at radius 1 is 0.682 bits per heavy atom. The number of anilines is 2. The molecule has 14 nitrogen and oxygen atoms in total. The van der Waals surface area contributed by atoms with Crippen molar-refractivity contribution in [1.82, 2.24) is 15.1 Å². The van der Waals surface area contributed by atoms with E-state index in [1.807, 2.05) is 36.4 Å². The van der Waals surface area contributed by atoms with E-state index in [9.17, 15) is 23.7 Å². The molecule has 0 unspecified atom stereocenters. The lowest BCUT2D eigenvalue weighted by molar-refractivity contribution is -0.117. The Morgan fingerprint density at radius 2 is 1.20 bits per heavy atom. The lowest BCUT2D eigenvalue weighted by Crippen LogP contribution is -2.47. The highest BCUT2D eigenvalue weighted by atomic mass is 32.2. The van der Waals surface area contributed by atoms with Crippen molar-refractivity contribution in [2.75, 3.05) is 95.5 Å². The summed E-state index contributed by atoms with van der Waals surface area (Å²) in [6, 6.07) is 36.1. The fraction of sp³-hybridized carbons (Fsp3) is 0.314.